The van der Waals surface area contributed by atoms with Crippen LogP contribution in [0.2, 0.25) is 6.04 Å². The minimum atomic E-state index is -3.14. The van der Waals surface area contributed by atoms with E-state index in [0.29, 0.717) is 19.3 Å². The summed E-state index contributed by atoms with van der Waals surface area (Å²) in [5.41, 5.74) is 0.0628. The van der Waals surface area contributed by atoms with E-state index in [4.69, 9.17) is 13.6 Å². The molecule has 0 atom stereocenters. The summed E-state index contributed by atoms with van der Waals surface area (Å²) in [6, 6.07) is 9.85. The van der Waals surface area contributed by atoms with Crippen LogP contribution >= 0.6 is 0 Å². The molecule has 22 heavy (non-hydrogen) atoms. The van der Waals surface area contributed by atoms with Crippen molar-refractivity contribution >= 4 is 25.7 Å². The van der Waals surface area contributed by atoms with E-state index in [9.17, 15) is 9.59 Å². The van der Waals surface area contributed by atoms with Gasteiger partial charge in [-0.15, -0.1) is 0 Å². The fourth-order valence-electron chi connectivity index (χ4n) is 2.60. The molecule has 1 aliphatic rings. The van der Waals surface area contributed by atoms with Gasteiger partial charge in [-0.05, 0) is 6.42 Å². The van der Waals surface area contributed by atoms with Gasteiger partial charge < -0.3 is 13.6 Å². The van der Waals surface area contributed by atoms with Gasteiger partial charge in [-0.25, -0.2) is 0 Å². The Morgan fingerprint density at radius 1 is 1.14 bits per heavy atom. The molecule has 6 heteroatoms. The highest BCUT2D eigenvalue weighted by Crippen LogP contribution is 2.34. The van der Waals surface area contributed by atoms with E-state index in [1.807, 2.05) is 30.3 Å². The van der Waals surface area contributed by atoms with E-state index in [0.717, 1.165) is 11.6 Å². The first-order valence-corrected chi connectivity index (χ1v) is 9.40. The topological polar surface area (TPSA) is 61.8 Å². The number of carbonyl (C=O) groups excluding carboxylic acids is 2. The van der Waals surface area contributed by atoms with E-state index < -0.39 is 20.5 Å². The van der Waals surface area contributed by atoms with Crippen LogP contribution in [0, 0.1) is 5.41 Å². The molecule has 1 saturated heterocycles. The molecule has 0 bridgehead atoms. The quantitative estimate of drug-likeness (QED) is 0.749. The summed E-state index contributed by atoms with van der Waals surface area (Å²) in [5.74, 6) is -0.849. The van der Waals surface area contributed by atoms with Crippen molar-refractivity contribution in [2.24, 2.45) is 5.41 Å². The zero-order chi connectivity index (χ0) is 16.2. The average Bonchev–Trinajstić information content (AvgIpc) is 2.42. The third-order valence-electron chi connectivity index (χ3n) is 3.79. The average molecular weight is 322 g/mol. The normalized spacial score (nSPS) is 16.5. The zero-order valence-corrected chi connectivity index (χ0v) is 14.3. The highest BCUT2D eigenvalue weighted by molar-refractivity contribution is 6.83. The molecule has 0 unspecified atom stereocenters. The van der Waals surface area contributed by atoms with Gasteiger partial charge in [-0.1, -0.05) is 37.3 Å². The summed E-state index contributed by atoms with van der Waals surface area (Å²) in [6.45, 7) is 6.20. The van der Waals surface area contributed by atoms with Crippen LogP contribution in [0.15, 0.2) is 30.3 Å². The van der Waals surface area contributed by atoms with Gasteiger partial charge in [0.05, 0.1) is 13.2 Å². The van der Waals surface area contributed by atoms with Gasteiger partial charge in [0.15, 0.2) is 0 Å². The van der Waals surface area contributed by atoms with E-state index in [1.165, 1.54) is 13.8 Å². The highest BCUT2D eigenvalue weighted by atomic mass is 28.4. The summed E-state index contributed by atoms with van der Waals surface area (Å²) < 4.78 is 16.5. The van der Waals surface area contributed by atoms with E-state index in [2.05, 4.69) is 6.92 Å². The number of carbonyl (C=O) groups is 2. The van der Waals surface area contributed by atoms with Crippen LogP contribution in [-0.4, -0.2) is 33.7 Å². The lowest BCUT2D eigenvalue weighted by molar-refractivity contribution is -0.139. The van der Waals surface area contributed by atoms with Crippen molar-refractivity contribution in [2.45, 2.75) is 33.2 Å². The van der Waals surface area contributed by atoms with Crippen LogP contribution < -0.4 is 5.19 Å². The molecule has 0 aromatic heterocycles. The van der Waals surface area contributed by atoms with E-state index in [-0.39, 0.29) is 5.41 Å². The molecule has 1 fully saturated rings. The van der Waals surface area contributed by atoms with Crippen LogP contribution in [0.3, 0.4) is 0 Å². The predicted octanol–water partition coefficient (Wildman–Crippen LogP) is 1.89. The minimum Gasteiger partial charge on any atom is -0.482 e. The lowest BCUT2D eigenvalue weighted by Crippen LogP contribution is -2.57. The SMILES string of the molecule is CC(=O)O[Si](CCC1(C)COC1)(OC(C)=O)c1ccccc1. The van der Waals surface area contributed by atoms with Gasteiger partial charge in [-0.2, -0.15) is 0 Å². The molecule has 0 radical (unpaired) electrons. The number of hydrogen-bond acceptors (Lipinski definition) is 5. The van der Waals surface area contributed by atoms with Gasteiger partial charge in [0.1, 0.15) is 0 Å². The maximum atomic E-state index is 11.6. The second-order valence-corrected chi connectivity index (χ2v) is 9.10. The Balaban J connectivity index is 2.30. The number of rotatable bonds is 6. The Kier molecular flexibility index (Phi) is 5.03. The molecular formula is C16H22O5Si. The molecule has 0 spiro atoms. The minimum absolute atomic E-state index is 0.0628. The Morgan fingerprint density at radius 3 is 2.09 bits per heavy atom. The molecule has 120 valence electrons. The van der Waals surface area contributed by atoms with Crippen LogP contribution in [-0.2, 0) is 23.2 Å². The van der Waals surface area contributed by atoms with Crippen molar-refractivity contribution in [3.63, 3.8) is 0 Å². The second-order valence-electron chi connectivity index (χ2n) is 6.11. The molecule has 1 aromatic rings. The van der Waals surface area contributed by atoms with Gasteiger partial charge in [-0.3, -0.25) is 9.59 Å². The maximum absolute atomic E-state index is 11.6. The van der Waals surface area contributed by atoms with Crippen molar-refractivity contribution in [1.29, 1.82) is 0 Å². The monoisotopic (exact) mass is 322 g/mol. The summed E-state index contributed by atoms with van der Waals surface area (Å²) in [5, 5.41) is 0.796. The summed E-state index contributed by atoms with van der Waals surface area (Å²) in [6.07, 6.45) is 0.786. The molecule has 5 nitrogen and oxygen atoms in total. The molecule has 0 aliphatic carbocycles. The van der Waals surface area contributed by atoms with Crippen molar-refractivity contribution < 1.29 is 23.2 Å². The van der Waals surface area contributed by atoms with Crippen LogP contribution in [0.25, 0.3) is 0 Å². The van der Waals surface area contributed by atoms with Crippen LogP contribution in [0.5, 0.6) is 0 Å². The molecule has 0 N–H and O–H groups in total. The molecule has 1 heterocycles. The molecule has 1 aliphatic heterocycles. The van der Waals surface area contributed by atoms with E-state index in [1.54, 1.807) is 0 Å². The fourth-order valence-corrected chi connectivity index (χ4v) is 5.93. The first kappa shape index (κ1) is 16.7. The Morgan fingerprint density at radius 2 is 1.68 bits per heavy atom. The van der Waals surface area contributed by atoms with Crippen molar-refractivity contribution in [3.8, 4) is 0 Å². The Hall–Kier alpha value is -1.66. The summed E-state index contributed by atoms with van der Waals surface area (Å²) in [7, 11) is -3.14. The molecule has 1 aromatic carbocycles. The van der Waals surface area contributed by atoms with Gasteiger partial charge in [0.2, 0.25) is 0 Å². The molecular weight excluding hydrogens is 300 g/mol. The zero-order valence-electron chi connectivity index (χ0n) is 13.3. The fraction of sp³-hybridized carbons (Fsp3) is 0.500. The number of benzene rings is 1. The smallest absolute Gasteiger partial charge is 0.482 e. The van der Waals surface area contributed by atoms with Gasteiger partial charge in [0.25, 0.3) is 11.9 Å². The van der Waals surface area contributed by atoms with Crippen molar-refractivity contribution in [1.82, 2.24) is 0 Å². The standard InChI is InChI=1S/C16H22O5Si/c1-13(17)20-22(21-14(2)18,15-7-5-4-6-8-15)10-9-16(3)11-19-12-16/h4-8H,9-12H2,1-3H3. The molecule has 2 rings (SSSR count). The number of hydrogen-bond donors (Lipinski definition) is 0. The maximum Gasteiger partial charge on any atom is 0.499 e. The van der Waals surface area contributed by atoms with Crippen molar-refractivity contribution in [3.05, 3.63) is 30.3 Å². The predicted molar refractivity (Wildman–Crippen MR) is 83.7 cm³/mol. The highest BCUT2D eigenvalue weighted by Gasteiger charge is 2.48. The lowest BCUT2D eigenvalue weighted by Gasteiger charge is -2.40. The van der Waals surface area contributed by atoms with Gasteiger partial charge >= 0.3 is 8.56 Å². The molecule has 0 amide bonds. The Bertz CT molecular complexity index is 523. The van der Waals surface area contributed by atoms with Gasteiger partial charge in [0, 0.05) is 30.5 Å². The second kappa shape index (κ2) is 6.62. The summed E-state index contributed by atoms with van der Waals surface area (Å²) in [4.78, 5) is 23.2. The molecule has 0 saturated carbocycles. The largest absolute Gasteiger partial charge is 0.499 e. The van der Waals surface area contributed by atoms with E-state index >= 15 is 0 Å². The Labute approximate surface area is 131 Å². The first-order chi connectivity index (χ1) is 10.4. The third-order valence-corrected chi connectivity index (χ3v) is 7.15. The first-order valence-electron chi connectivity index (χ1n) is 7.38. The van der Waals surface area contributed by atoms with Crippen LogP contribution in [0.1, 0.15) is 27.2 Å². The van der Waals surface area contributed by atoms with Crippen LogP contribution in [0.4, 0.5) is 0 Å². The third kappa shape index (κ3) is 3.95. The van der Waals surface area contributed by atoms with Crippen molar-refractivity contribution in [2.75, 3.05) is 13.2 Å². The number of ether oxygens (including phenoxy) is 1. The lowest BCUT2D eigenvalue weighted by atomic mass is 9.86. The summed E-state index contributed by atoms with van der Waals surface area (Å²) >= 11 is 0.